The van der Waals surface area contributed by atoms with Crippen LogP contribution in [-0.4, -0.2) is 189 Å². The number of aliphatic hydroxyl groups is 15. The van der Waals surface area contributed by atoms with Gasteiger partial charge in [-0.05, 0) is 0 Å². The van der Waals surface area contributed by atoms with Gasteiger partial charge in [-0.1, -0.05) is 0 Å². The molecule has 0 heterocycles. The molecule has 0 amide bonds. The van der Waals surface area contributed by atoms with Crippen molar-refractivity contribution in [2.45, 2.75) is 73.2 Å². The molecular weight excluding hydrogens is 546 g/mol. The molecule has 0 aromatic carbocycles. The summed E-state index contributed by atoms with van der Waals surface area (Å²) in [7, 11) is 0. The molecule has 0 spiro atoms. The van der Waals surface area contributed by atoms with Crippen molar-refractivity contribution in [1.29, 1.82) is 0 Å². The first kappa shape index (κ1) is 43.8. The van der Waals surface area contributed by atoms with Gasteiger partial charge in [0.2, 0.25) is 0 Å². The first-order chi connectivity index (χ1) is 18.0. The fourth-order valence-electron chi connectivity index (χ4n) is 1.85. The molecule has 0 bridgehead atoms. The molecular formula is C18H36N3O18-. The second-order valence-electron chi connectivity index (χ2n) is 7.16. The normalized spacial score (nSPS) is 19.7. The number of aldehydes is 3. The van der Waals surface area contributed by atoms with Crippen LogP contribution in [0.3, 0.4) is 0 Å². The number of carbonyl (C=O) groups excluding carboxylic acids is 3. The van der Waals surface area contributed by atoms with Crippen LogP contribution in [0.5, 0.6) is 0 Å². The zero-order valence-electron chi connectivity index (χ0n) is 20.1. The molecule has 0 fully saturated rings. The molecule has 12 atom stereocenters. The predicted molar refractivity (Wildman–Crippen MR) is 122 cm³/mol. The molecule has 0 unspecified atom stereocenters. The number of hydrogen-bond donors (Lipinski definition) is 15. The van der Waals surface area contributed by atoms with Crippen LogP contribution in [0.25, 0.3) is 16.0 Å². The average molecular weight is 582 g/mol. The summed E-state index contributed by atoms with van der Waals surface area (Å²) in [5.74, 6) is 0. The standard InChI is InChI=1S/3C6H12O6.N3/c3*7-1-3(9)5(11)6(12)4(10)2-8;1-3-2/h3*1,3-6,8-12H,2H2;/q;;;-1/t3*3-,4-,5-,6-;/m111./s1. The highest BCUT2D eigenvalue weighted by molar-refractivity contribution is 5.57. The van der Waals surface area contributed by atoms with Gasteiger partial charge in [0.15, 0.2) is 18.9 Å². The second kappa shape index (κ2) is 26.0. The van der Waals surface area contributed by atoms with Crippen molar-refractivity contribution in [2.24, 2.45) is 0 Å². The molecule has 0 radical (unpaired) electrons. The Kier molecular flexibility index (Phi) is 29.1. The van der Waals surface area contributed by atoms with E-state index >= 15 is 0 Å². The molecule has 0 aromatic rings. The van der Waals surface area contributed by atoms with Gasteiger partial charge in [0.1, 0.15) is 73.2 Å². The van der Waals surface area contributed by atoms with Gasteiger partial charge >= 0.3 is 0 Å². The minimum absolute atomic E-state index is 0.0258. The van der Waals surface area contributed by atoms with Crippen molar-refractivity contribution in [3.8, 4) is 0 Å². The molecule has 0 aliphatic heterocycles. The molecule has 21 heteroatoms. The van der Waals surface area contributed by atoms with Gasteiger partial charge in [-0.2, -0.15) is 0 Å². The number of carbonyl (C=O) groups is 3. The van der Waals surface area contributed by atoms with Crippen LogP contribution in [0.2, 0.25) is 0 Å². The number of nitrogens with zero attached hydrogens (tertiary/aromatic N) is 3. The van der Waals surface area contributed by atoms with Gasteiger partial charge in [0.25, 0.3) is 0 Å². The van der Waals surface area contributed by atoms with Crippen molar-refractivity contribution in [3.05, 3.63) is 16.0 Å². The molecule has 0 rings (SSSR count). The van der Waals surface area contributed by atoms with Gasteiger partial charge in [-0.3, -0.25) is 4.91 Å². The highest BCUT2D eigenvalue weighted by Crippen LogP contribution is 2.04. The van der Waals surface area contributed by atoms with E-state index in [-0.39, 0.29) is 18.9 Å². The van der Waals surface area contributed by atoms with Crippen LogP contribution in [-0.2, 0) is 14.4 Å². The monoisotopic (exact) mass is 582 g/mol. The lowest BCUT2D eigenvalue weighted by molar-refractivity contribution is -0.136. The summed E-state index contributed by atoms with van der Waals surface area (Å²) in [5, 5.41) is 131. The lowest BCUT2D eigenvalue weighted by Crippen LogP contribution is -2.46. The van der Waals surface area contributed by atoms with Crippen LogP contribution < -0.4 is 0 Å². The Hall–Kier alpha value is -2.28. The van der Waals surface area contributed by atoms with E-state index in [1.165, 1.54) is 4.91 Å². The smallest absolute Gasteiger partial charge is 0.151 e. The van der Waals surface area contributed by atoms with Crippen LogP contribution in [0, 0.1) is 0 Å². The van der Waals surface area contributed by atoms with E-state index in [0.29, 0.717) is 0 Å². The summed E-state index contributed by atoms with van der Waals surface area (Å²) in [4.78, 5) is 31.2. The number of hydrogen-bond acceptors (Lipinski definition) is 18. The Balaban J connectivity index is -0.000000224. The van der Waals surface area contributed by atoms with Crippen molar-refractivity contribution >= 4 is 18.9 Å². The van der Waals surface area contributed by atoms with Crippen molar-refractivity contribution in [1.82, 2.24) is 0 Å². The van der Waals surface area contributed by atoms with E-state index < -0.39 is 93.1 Å². The molecule has 21 nitrogen and oxygen atoms in total. The molecule has 15 N–H and O–H groups in total. The van der Waals surface area contributed by atoms with E-state index in [2.05, 4.69) is 0 Å². The summed E-state index contributed by atoms with van der Waals surface area (Å²) in [6.07, 6.45) is -20.5. The molecule has 232 valence electrons. The average Bonchev–Trinajstić information content (AvgIpc) is 2.96. The maximum Gasteiger partial charge on any atom is 0.151 e. The highest BCUT2D eigenvalue weighted by Gasteiger charge is 2.31. The topological polar surface area (TPSA) is 413 Å². The van der Waals surface area contributed by atoms with E-state index in [0.717, 1.165) is 0 Å². The molecule has 0 aliphatic carbocycles. The lowest BCUT2D eigenvalue weighted by Gasteiger charge is -2.22. The Morgan fingerprint density at radius 1 is 0.436 bits per heavy atom. The van der Waals surface area contributed by atoms with Crippen molar-refractivity contribution in [3.63, 3.8) is 0 Å². The lowest BCUT2D eigenvalue weighted by atomic mass is 10.0. The predicted octanol–water partition coefficient (Wildman–Crippen LogP) is -9.27. The van der Waals surface area contributed by atoms with E-state index in [9.17, 15) is 14.4 Å². The molecule has 0 aromatic heterocycles. The molecule has 0 saturated carbocycles. The Bertz CT molecular complexity index is 581. The largest absolute Gasteiger partial charge is 0.394 e. The van der Waals surface area contributed by atoms with Crippen molar-refractivity contribution < 1.29 is 91.0 Å². The Morgan fingerprint density at radius 2 is 0.590 bits per heavy atom. The summed E-state index contributed by atoms with van der Waals surface area (Å²) in [5.41, 5.74) is 13.5. The molecule has 39 heavy (non-hydrogen) atoms. The van der Waals surface area contributed by atoms with Crippen LogP contribution in [0.4, 0.5) is 0 Å². The number of aliphatic hydroxyl groups excluding tert-OH is 15. The van der Waals surface area contributed by atoms with E-state index in [1.807, 2.05) is 0 Å². The minimum Gasteiger partial charge on any atom is -0.394 e. The Labute approximate surface area is 219 Å². The minimum atomic E-state index is -1.79. The van der Waals surface area contributed by atoms with Gasteiger partial charge in [0, 0.05) is 0 Å². The van der Waals surface area contributed by atoms with Crippen LogP contribution in [0.1, 0.15) is 0 Å². The number of rotatable bonds is 15. The zero-order chi connectivity index (χ0) is 31.9. The second-order valence-corrected chi connectivity index (χ2v) is 7.16. The maximum atomic E-state index is 9.90. The quantitative estimate of drug-likeness (QED) is 0.0368. The summed E-state index contributed by atoms with van der Waals surface area (Å²) in [6, 6.07) is 0. The third-order valence-electron chi connectivity index (χ3n) is 4.26. The fourth-order valence-corrected chi connectivity index (χ4v) is 1.85. The third kappa shape index (κ3) is 19.4. The molecule has 0 saturated heterocycles. The third-order valence-corrected chi connectivity index (χ3v) is 4.26. The van der Waals surface area contributed by atoms with Gasteiger partial charge in [0.05, 0.1) is 19.8 Å². The van der Waals surface area contributed by atoms with Gasteiger partial charge in [-0.25, -0.2) is 0 Å². The Morgan fingerprint density at radius 3 is 0.692 bits per heavy atom. The summed E-state index contributed by atoms with van der Waals surface area (Å²) in [6.45, 7) is -2.28. The fraction of sp³-hybridized carbons (Fsp3) is 0.833. The van der Waals surface area contributed by atoms with Gasteiger partial charge in [-0.15, -0.1) is 0 Å². The first-order valence-electron chi connectivity index (χ1n) is 10.4. The van der Waals surface area contributed by atoms with Crippen molar-refractivity contribution in [2.75, 3.05) is 19.8 Å². The van der Waals surface area contributed by atoms with E-state index in [4.69, 9.17) is 87.7 Å². The highest BCUT2D eigenvalue weighted by atomic mass is 16.4. The van der Waals surface area contributed by atoms with Gasteiger partial charge < -0.3 is 102 Å². The van der Waals surface area contributed by atoms with E-state index in [1.54, 1.807) is 0 Å². The zero-order valence-corrected chi connectivity index (χ0v) is 20.1. The summed E-state index contributed by atoms with van der Waals surface area (Å²) < 4.78 is 0. The summed E-state index contributed by atoms with van der Waals surface area (Å²) >= 11 is 0. The van der Waals surface area contributed by atoms with Crippen LogP contribution >= 0.6 is 0 Å². The molecule has 0 aliphatic rings. The first-order valence-corrected chi connectivity index (χ1v) is 10.4. The van der Waals surface area contributed by atoms with Crippen LogP contribution in [0.15, 0.2) is 0 Å². The maximum absolute atomic E-state index is 9.90. The SMILES string of the molecule is O=C[C@@H](O)[C@@H](O)[C@H](O)[C@H](O)CO.O=C[C@@H](O)[C@@H](O)[C@H](O)[C@H](O)CO.O=C[C@@H](O)[C@@H](O)[C@H](O)[C@H](O)CO.[N-]=[N+]=[N-].